The number of aryl methyl sites for hydroxylation is 2. The summed E-state index contributed by atoms with van der Waals surface area (Å²) in [4.78, 5) is 15.1. The zero-order chi connectivity index (χ0) is 16.4. The maximum atomic E-state index is 13.1. The Hall–Kier alpha value is -1.61. The number of hydrogen-bond acceptors (Lipinski definition) is 1. The van der Waals surface area contributed by atoms with E-state index in [1.807, 2.05) is 23.1 Å². The Bertz CT molecular complexity index is 705. The van der Waals surface area contributed by atoms with E-state index in [0.29, 0.717) is 0 Å². The standard InChI is InChI=1S/C20H22BrNO/c1-14-7-5-8-15(2)19(14)22-12-6-10-17(20(22)23)13-16-9-3-4-11-18(16)21/h3-5,7-9,11,17H,6,10,12-13H2,1-2H3. The number of carbonyl (C=O) groups is 1. The van der Waals surface area contributed by atoms with E-state index >= 15 is 0 Å². The van der Waals surface area contributed by atoms with Gasteiger partial charge in [-0.15, -0.1) is 0 Å². The minimum absolute atomic E-state index is 0.0708. The Balaban J connectivity index is 1.86. The van der Waals surface area contributed by atoms with Gasteiger partial charge in [-0.1, -0.05) is 52.3 Å². The van der Waals surface area contributed by atoms with Gasteiger partial charge in [0.25, 0.3) is 0 Å². The molecule has 1 aliphatic rings. The molecule has 1 aliphatic heterocycles. The van der Waals surface area contributed by atoms with Gasteiger partial charge in [-0.3, -0.25) is 4.79 Å². The van der Waals surface area contributed by atoms with Crippen LogP contribution in [0.25, 0.3) is 0 Å². The molecule has 1 unspecified atom stereocenters. The first-order valence-corrected chi connectivity index (χ1v) is 8.98. The van der Waals surface area contributed by atoms with Crippen LogP contribution in [-0.4, -0.2) is 12.5 Å². The van der Waals surface area contributed by atoms with Crippen LogP contribution in [0.1, 0.15) is 29.5 Å². The molecule has 3 heteroatoms. The monoisotopic (exact) mass is 371 g/mol. The van der Waals surface area contributed by atoms with Gasteiger partial charge in [0.1, 0.15) is 0 Å². The maximum absolute atomic E-state index is 13.1. The first kappa shape index (κ1) is 16.3. The molecule has 0 spiro atoms. The van der Waals surface area contributed by atoms with E-state index in [9.17, 15) is 4.79 Å². The number of nitrogens with zero attached hydrogens (tertiary/aromatic N) is 1. The van der Waals surface area contributed by atoms with Crippen LogP contribution in [0, 0.1) is 19.8 Å². The van der Waals surface area contributed by atoms with E-state index in [2.05, 4.69) is 54.0 Å². The first-order chi connectivity index (χ1) is 11.1. The van der Waals surface area contributed by atoms with Crippen molar-refractivity contribution in [3.05, 3.63) is 63.6 Å². The molecular weight excluding hydrogens is 350 g/mol. The Morgan fingerprint density at radius 2 is 1.78 bits per heavy atom. The van der Waals surface area contributed by atoms with E-state index < -0.39 is 0 Å². The van der Waals surface area contributed by atoms with E-state index in [-0.39, 0.29) is 11.8 Å². The summed E-state index contributed by atoms with van der Waals surface area (Å²) in [6.07, 6.45) is 2.85. The number of benzene rings is 2. The van der Waals surface area contributed by atoms with Crippen LogP contribution in [0.2, 0.25) is 0 Å². The third kappa shape index (κ3) is 3.35. The van der Waals surface area contributed by atoms with Gasteiger partial charge in [-0.25, -0.2) is 0 Å². The Labute approximate surface area is 146 Å². The van der Waals surface area contributed by atoms with Crippen molar-refractivity contribution in [3.8, 4) is 0 Å². The minimum atomic E-state index is 0.0708. The third-order valence-electron chi connectivity index (χ3n) is 4.68. The normalized spacial score (nSPS) is 18.3. The van der Waals surface area contributed by atoms with Crippen LogP contribution < -0.4 is 4.90 Å². The summed E-state index contributed by atoms with van der Waals surface area (Å²) in [5, 5.41) is 0. The smallest absolute Gasteiger partial charge is 0.230 e. The molecule has 0 saturated carbocycles. The molecular formula is C20H22BrNO. The fraction of sp³-hybridized carbons (Fsp3) is 0.350. The molecule has 2 aromatic carbocycles. The highest BCUT2D eigenvalue weighted by molar-refractivity contribution is 9.10. The van der Waals surface area contributed by atoms with Crippen molar-refractivity contribution in [1.29, 1.82) is 0 Å². The molecule has 1 atom stereocenters. The molecule has 1 saturated heterocycles. The second-order valence-electron chi connectivity index (χ2n) is 6.36. The average Bonchev–Trinajstić information content (AvgIpc) is 2.52. The SMILES string of the molecule is Cc1cccc(C)c1N1CCCC(Cc2ccccc2Br)C1=O. The van der Waals surface area contributed by atoms with Crippen LogP contribution in [0.15, 0.2) is 46.9 Å². The molecule has 0 aromatic heterocycles. The summed E-state index contributed by atoms with van der Waals surface area (Å²) < 4.78 is 1.09. The molecule has 3 rings (SSSR count). The van der Waals surface area contributed by atoms with Gasteiger partial charge in [0, 0.05) is 22.6 Å². The van der Waals surface area contributed by atoms with E-state index in [4.69, 9.17) is 0 Å². The fourth-order valence-electron chi connectivity index (χ4n) is 3.52. The zero-order valence-electron chi connectivity index (χ0n) is 13.7. The minimum Gasteiger partial charge on any atom is -0.312 e. The van der Waals surface area contributed by atoms with Crippen molar-refractivity contribution in [1.82, 2.24) is 0 Å². The summed E-state index contributed by atoms with van der Waals surface area (Å²) >= 11 is 3.60. The number of carbonyl (C=O) groups excluding carboxylic acids is 1. The summed E-state index contributed by atoms with van der Waals surface area (Å²) in [7, 11) is 0. The molecule has 0 N–H and O–H groups in total. The van der Waals surface area contributed by atoms with Crippen molar-refractivity contribution < 1.29 is 4.79 Å². The second-order valence-corrected chi connectivity index (χ2v) is 7.22. The van der Waals surface area contributed by atoms with E-state index in [1.54, 1.807) is 0 Å². The van der Waals surface area contributed by atoms with Gasteiger partial charge < -0.3 is 4.90 Å². The number of rotatable bonds is 3. The van der Waals surface area contributed by atoms with Gasteiger partial charge >= 0.3 is 0 Å². The maximum Gasteiger partial charge on any atom is 0.230 e. The predicted molar refractivity (Wildman–Crippen MR) is 98.8 cm³/mol. The number of hydrogen-bond donors (Lipinski definition) is 0. The lowest BCUT2D eigenvalue weighted by Crippen LogP contribution is -2.42. The molecule has 0 bridgehead atoms. The Kier molecular flexibility index (Phi) is 4.86. The Morgan fingerprint density at radius 1 is 1.09 bits per heavy atom. The Morgan fingerprint density at radius 3 is 2.48 bits per heavy atom. The van der Waals surface area contributed by atoms with Gasteiger partial charge in [0.15, 0.2) is 0 Å². The van der Waals surface area contributed by atoms with Crippen molar-refractivity contribution >= 4 is 27.5 Å². The van der Waals surface area contributed by atoms with Gasteiger partial charge in [0.2, 0.25) is 5.91 Å². The summed E-state index contributed by atoms with van der Waals surface area (Å²) in [5.41, 5.74) is 4.68. The molecule has 2 aromatic rings. The van der Waals surface area contributed by atoms with Crippen molar-refractivity contribution in [2.75, 3.05) is 11.4 Å². The number of amides is 1. The number of piperidine rings is 1. The largest absolute Gasteiger partial charge is 0.312 e. The molecule has 0 radical (unpaired) electrons. The number of para-hydroxylation sites is 1. The van der Waals surface area contributed by atoms with Gasteiger partial charge in [-0.05, 0) is 55.9 Å². The van der Waals surface area contributed by atoms with Gasteiger partial charge in [-0.2, -0.15) is 0 Å². The summed E-state index contributed by atoms with van der Waals surface area (Å²) in [5.74, 6) is 0.339. The van der Waals surface area contributed by atoms with Crippen LogP contribution in [0.5, 0.6) is 0 Å². The summed E-state index contributed by atoms with van der Waals surface area (Å²) in [6.45, 7) is 5.01. The van der Waals surface area contributed by atoms with Crippen molar-refractivity contribution in [2.45, 2.75) is 33.1 Å². The van der Waals surface area contributed by atoms with Crippen LogP contribution >= 0.6 is 15.9 Å². The molecule has 1 amide bonds. The second kappa shape index (κ2) is 6.88. The fourth-order valence-corrected chi connectivity index (χ4v) is 3.97. The highest BCUT2D eigenvalue weighted by Gasteiger charge is 2.31. The molecule has 1 heterocycles. The molecule has 120 valence electrons. The average molecular weight is 372 g/mol. The lowest BCUT2D eigenvalue weighted by molar-refractivity contribution is -0.123. The predicted octanol–water partition coefficient (Wildman–Crippen LogP) is 5.05. The lowest BCUT2D eigenvalue weighted by Gasteiger charge is -2.34. The quantitative estimate of drug-likeness (QED) is 0.738. The zero-order valence-corrected chi connectivity index (χ0v) is 15.3. The van der Waals surface area contributed by atoms with E-state index in [1.165, 1.54) is 16.7 Å². The van der Waals surface area contributed by atoms with Gasteiger partial charge in [0.05, 0.1) is 0 Å². The molecule has 23 heavy (non-hydrogen) atoms. The van der Waals surface area contributed by atoms with Crippen LogP contribution in [-0.2, 0) is 11.2 Å². The molecule has 0 aliphatic carbocycles. The number of halogens is 1. The third-order valence-corrected chi connectivity index (χ3v) is 5.46. The summed E-state index contributed by atoms with van der Waals surface area (Å²) in [6, 6.07) is 14.4. The molecule has 2 nitrogen and oxygen atoms in total. The van der Waals surface area contributed by atoms with Crippen molar-refractivity contribution in [2.24, 2.45) is 5.92 Å². The highest BCUT2D eigenvalue weighted by atomic mass is 79.9. The first-order valence-electron chi connectivity index (χ1n) is 8.19. The molecule has 1 fully saturated rings. The topological polar surface area (TPSA) is 20.3 Å². The van der Waals surface area contributed by atoms with Crippen molar-refractivity contribution in [3.63, 3.8) is 0 Å². The highest BCUT2D eigenvalue weighted by Crippen LogP contribution is 2.32. The number of anilines is 1. The lowest BCUT2D eigenvalue weighted by atomic mass is 9.89. The van der Waals surface area contributed by atoms with Crippen LogP contribution in [0.3, 0.4) is 0 Å². The van der Waals surface area contributed by atoms with E-state index in [0.717, 1.165) is 36.0 Å². The van der Waals surface area contributed by atoms with Crippen LogP contribution in [0.4, 0.5) is 5.69 Å².